The number of hydrogen-bond acceptors (Lipinski definition) is 4. The Hall–Kier alpha value is -2.50. The van der Waals surface area contributed by atoms with Crippen LogP contribution in [0.15, 0.2) is 24.3 Å². The molecule has 0 fully saturated rings. The number of hydrogen-bond donors (Lipinski definition) is 1. The third-order valence-electron chi connectivity index (χ3n) is 2.44. The van der Waals surface area contributed by atoms with Crippen LogP contribution in [0.5, 0.6) is 0 Å². The van der Waals surface area contributed by atoms with E-state index in [9.17, 15) is 14.9 Å². The van der Waals surface area contributed by atoms with Gasteiger partial charge in [-0.1, -0.05) is 0 Å². The molecule has 1 N–H and O–H groups in total. The Labute approximate surface area is 103 Å². The molecular weight excluding hydrogens is 234 g/mol. The van der Waals surface area contributed by atoms with Crippen molar-refractivity contribution in [3.63, 3.8) is 0 Å². The van der Waals surface area contributed by atoms with Crippen LogP contribution in [0, 0.1) is 17.0 Å². The van der Waals surface area contributed by atoms with Crippen molar-refractivity contribution in [2.45, 2.75) is 13.8 Å². The summed E-state index contributed by atoms with van der Waals surface area (Å²) in [5.41, 5.74) is 1.86. The lowest BCUT2D eigenvalue weighted by molar-refractivity contribution is -0.384. The van der Waals surface area contributed by atoms with Crippen molar-refractivity contribution in [3.8, 4) is 0 Å². The highest BCUT2D eigenvalue weighted by molar-refractivity contribution is 6.00. The summed E-state index contributed by atoms with van der Waals surface area (Å²) in [7, 11) is 0. The molecule has 18 heavy (non-hydrogen) atoms. The molecule has 1 heterocycles. The predicted octanol–water partition coefficient (Wildman–Crippen LogP) is 2.41. The fraction of sp³-hybridized carbons (Fsp3) is 0.167. The van der Waals surface area contributed by atoms with Gasteiger partial charge in [-0.15, -0.1) is 0 Å². The van der Waals surface area contributed by atoms with Gasteiger partial charge >= 0.3 is 0 Å². The van der Waals surface area contributed by atoms with Crippen LogP contribution < -0.4 is 5.32 Å². The maximum atomic E-state index is 11.1. The van der Waals surface area contributed by atoms with Crippen molar-refractivity contribution in [1.29, 1.82) is 0 Å². The van der Waals surface area contributed by atoms with Crippen LogP contribution in [0.4, 0.5) is 11.4 Å². The van der Waals surface area contributed by atoms with Gasteiger partial charge in [-0.2, -0.15) is 0 Å². The first-order valence-electron chi connectivity index (χ1n) is 5.31. The van der Waals surface area contributed by atoms with Gasteiger partial charge in [-0.05, 0) is 19.1 Å². The van der Waals surface area contributed by atoms with E-state index in [1.165, 1.54) is 19.1 Å². The number of benzene rings is 1. The van der Waals surface area contributed by atoms with Crippen molar-refractivity contribution >= 4 is 28.2 Å². The zero-order valence-electron chi connectivity index (χ0n) is 9.93. The van der Waals surface area contributed by atoms with Gasteiger partial charge in [0, 0.05) is 30.1 Å². The summed E-state index contributed by atoms with van der Waals surface area (Å²) >= 11 is 0. The summed E-state index contributed by atoms with van der Waals surface area (Å²) in [6.07, 6.45) is 0. The standard InChI is InChI=1S/C12H11N3O3/c1-7-5-12(14-8(2)16)10-6-9(15(17)18)3-4-11(10)13-7/h3-6H,1-2H3,(H,13,14,16). The number of nitro benzene ring substituents is 1. The number of carbonyl (C=O) groups is 1. The molecule has 0 aliphatic heterocycles. The molecule has 1 amide bonds. The van der Waals surface area contributed by atoms with Gasteiger partial charge in [-0.25, -0.2) is 0 Å². The molecule has 2 aromatic rings. The Kier molecular flexibility index (Phi) is 2.93. The molecule has 0 aliphatic carbocycles. The first-order valence-corrected chi connectivity index (χ1v) is 5.31. The normalized spacial score (nSPS) is 10.3. The number of nitrogens with zero attached hydrogens (tertiary/aromatic N) is 2. The van der Waals surface area contributed by atoms with Crippen LogP contribution in [0.3, 0.4) is 0 Å². The number of anilines is 1. The van der Waals surface area contributed by atoms with Crippen molar-refractivity contribution in [3.05, 3.63) is 40.1 Å². The molecule has 6 heteroatoms. The summed E-state index contributed by atoms with van der Waals surface area (Å²) in [6.45, 7) is 3.19. The highest BCUT2D eigenvalue weighted by atomic mass is 16.6. The molecule has 0 radical (unpaired) electrons. The summed E-state index contributed by atoms with van der Waals surface area (Å²) in [4.78, 5) is 25.7. The van der Waals surface area contributed by atoms with Crippen LogP contribution in [0.25, 0.3) is 10.9 Å². The zero-order chi connectivity index (χ0) is 13.3. The summed E-state index contributed by atoms with van der Waals surface area (Å²) in [5.74, 6) is -0.228. The van der Waals surface area contributed by atoms with E-state index in [4.69, 9.17) is 0 Å². The number of carbonyl (C=O) groups excluding carboxylic acids is 1. The summed E-state index contributed by atoms with van der Waals surface area (Å²) in [5, 5.41) is 14.0. The lowest BCUT2D eigenvalue weighted by Crippen LogP contribution is -2.07. The molecule has 0 saturated carbocycles. The summed E-state index contributed by atoms with van der Waals surface area (Å²) in [6, 6.07) is 6.07. The highest BCUT2D eigenvalue weighted by Gasteiger charge is 2.11. The molecule has 92 valence electrons. The Morgan fingerprint density at radius 2 is 2.11 bits per heavy atom. The molecule has 0 saturated heterocycles. The fourth-order valence-corrected chi connectivity index (χ4v) is 1.75. The largest absolute Gasteiger partial charge is 0.326 e. The third kappa shape index (κ3) is 2.27. The number of fused-ring (bicyclic) bond motifs is 1. The van der Waals surface area contributed by atoms with E-state index in [1.807, 2.05) is 0 Å². The Bertz CT molecular complexity index is 652. The molecule has 0 bridgehead atoms. The predicted molar refractivity (Wildman–Crippen MR) is 67.4 cm³/mol. The van der Waals surface area contributed by atoms with Crippen molar-refractivity contribution in [2.75, 3.05) is 5.32 Å². The second-order valence-electron chi connectivity index (χ2n) is 3.95. The number of pyridine rings is 1. The minimum absolute atomic E-state index is 0.0280. The molecule has 0 aliphatic rings. The first-order chi connectivity index (χ1) is 8.47. The molecule has 2 rings (SSSR count). The van der Waals surface area contributed by atoms with Gasteiger partial charge in [0.2, 0.25) is 5.91 Å². The Balaban J connectivity index is 2.69. The number of aryl methyl sites for hydroxylation is 1. The molecular formula is C12H11N3O3. The van der Waals surface area contributed by atoms with Crippen LogP contribution in [-0.4, -0.2) is 15.8 Å². The Morgan fingerprint density at radius 3 is 2.72 bits per heavy atom. The van der Waals surface area contributed by atoms with Crippen LogP contribution in [-0.2, 0) is 4.79 Å². The first kappa shape index (κ1) is 12.0. The lowest BCUT2D eigenvalue weighted by Gasteiger charge is -2.07. The maximum Gasteiger partial charge on any atom is 0.270 e. The number of amides is 1. The van der Waals surface area contributed by atoms with Crippen molar-refractivity contribution in [1.82, 2.24) is 4.98 Å². The highest BCUT2D eigenvalue weighted by Crippen LogP contribution is 2.27. The van der Waals surface area contributed by atoms with Gasteiger partial charge in [0.05, 0.1) is 16.1 Å². The second kappa shape index (κ2) is 4.40. The van der Waals surface area contributed by atoms with E-state index in [1.54, 1.807) is 19.1 Å². The quantitative estimate of drug-likeness (QED) is 0.650. The molecule has 0 unspecified atom stereocenters. The molecule has 0 spiro atoms. The molecule has 6 nitrogen and oxygen atoms in total. The monoisotopic (exact) mass is 245 g/mol. The minimum Gasteiger partial charge on any atom is -0.326 e. The fourth-order valence-electron chi connectivity index (χ4n) is 1.75. The third-order valence-corrected chi connectivity index (χ3v) is 2.44. The minimum atomic E-state index is -0.475. The number of non-ortho nitro benzene ring substituents is 1. The molecule has 0 atom stereocenters. The number of rotatable bonds is 2. The topological polar surface area (TPSA) is 85.1 Å². The second-order valence-corrected chi connectivity index (χ2v) is 3.95. The van der Waals surface area contributed by atoms with Crippen LogP contribution in [0.2, 0.25) is 0 Å². The number of nitro groups is 1. The average Bonchev–Trinajstić information content (AvgIpc) is 2.27. The number of aromatic nitrogens is 1. The van der Waals surface area contributed by atoms with Crippen LogP contribution >= 0.6 is 0 Å². The smallest absolute Gasteiger partial charge is 0.270 e. The van der Waals surface area contributed by atoms with Gasteiger partial charge < -0.3 is 5.32 Å². The maximum absolute atomic E-state index is 11.1. The van der Waals surface area contributed by atoms with Gasteiger partial charge in [-0.3, -0.25) is 19.9 Å². The van der Waals surface area contributed by atoms with Crippen molar-refractivity contribution in [2.24, 2.45) is 0 Å². The zero-order valence-corrected chi connectivity index (χ0v) is 9.93. The van der Waals surface area contributed by atoms with Gasteiger partial charge in [0.15, 0.2) is 0 Å². The summed E-state index contributed by atoms with van der Waals surface area (Å²) < 4.78 is 0. The lowest BCUT2D eigenvalue weighted by atomic mass is 10.1. The van der Waals surface area contributed by atoms with E-state index >= 15 is 0 Å². The number of nitrogens with one attached hydrogen (secondary N) is 1. The van der Waals surface area contributed by atoms with E-state index in [0.717, 1.165) is 5.69 Å². The van der Waals surface area contributed by atoms with Gasteiger partial charge in [0.1, 0.15) is 0 Å². The SMILES string of the molecule is CC(=O)Nc1cc(C)nc2ccc([N+](=O)[O-])cc12. The van der Waals surface area contributed by atoms with Crippen LogP contribution in [0.1, 0.15) is 12.6 Å². The van der Waals surface area contributed by atoms with E-state index in [-0.39, 0.29) is 11.6 Å². The Morgan fingerprint density at radius 1 is 1.39 bits per heavy atom. The molecule has 1 aromatic carbocycles. The molecule has 1 aromatic heterocycles. The van der Waals surface area contributed by atoms with Crippen molar-refractivity contribution < 1.29 is 9.72 Å². The van der Waals surface area contributed by atoms with E-state index in [0.29, 0.717) is 16.6 Å². The van der Waals surface area contributed by atoms with Gasteiger partial charge in [0.25, 0.3) is 5.69 Å². The van der Waals surface area contributed by atoms with E-state index < -0.39 is 4.92 Å². The average molecular weight is 245 g/mol. The van der Waals surface area contributed by atoms with E-state index in [2.05, 4.69) is 10.3 Å².